The van der Waals surface area contributed by atoms with Gasteiger partial charge < -0.3 is 13.6 Å². The van der Waals surface area contributed by atoms with E-state index in [2.05, 4.69) is 165 Å². The van der Waals surface area contributed by atoms with Crippen molar-refractivity contribution in [2.45, 2.75) is 0 Å². The first-order valence-electron chi connectivity index (χ1n) is 18.8. The van der Waals surface area contributed by atoms with E-state index in [1.807, 2.05) is 36.4 Å². The van der Waals surface area contributed by atoms with Gasteiger partial charge in [0, 0.05) is 49.1 Å². The molecule has 0 N–H and O–H groups in total. The number of hydrogen-bond acceptors (Lipinski definition) is 3. The molecule has 0 amide bonds. The molecule has 0 aliphatic carbocycles. The van der Waals surface area contributed by atoms with Crippen molar-refractivity contribution in [1.29, 1.82) is 0 Å². The normalized spacial score (nSPS) is 11.9. The molecule has 0 saturated heterocycles. The van der Waals surface area contributed by atoms with Gasteiger partial charge in [-0.2, -0.15) is 0 Å². The van der Waals surface area contributed by atoms with Crippen molar-refractivity contribution < 1.29 is 4.42 Å². The van der Waals surface area contributed by atoms with Crippen LogP contribution >= 0.6 is 0 Å². The van der Waals surface area contributed by atoms with Crippen LogP contribution in [0.25, 0.3) is 105 Å². The third-order valence-electron chi connectivity index (χ3n) is 11.2. The minimum absolute atomic E-state index is 0.789. The van der Waals surface area contributed by atoms with E-state index in [0.29, 0.717) is 0 Å². The Labute approximate surface area is 320 Å². The number of fused-ring (bicyclic) bond motifs is 9. The average molecular weight is 718 g/mol. The van der Waals surface area contributed by atoms with E-state index in [9.17, 15) is 0 Å². The van der Waals surface area contributed by atoms with Crippen molar-refractivity contribution in [2.24, 2.45) is 0 Å². The van der Waals surface area contributed by atoms with E-state index in [1.165, 1.54) is 10.8 Å². The molecule has 0 saturated carbocycles. The summed E-state index contributed by atoms with van der Waals surface area (Å²) in [6.45, 7) is 0. The van der Waals surface area contributed by atoms with Gasteiger partial charge >= 0.3 is 0 Å². The van der Waals surface area contributed by atoms with E-state index < -0.39 is 0 Å². The van der Waals surface area contributed by atoms with Crippen LogP contribution in [-0.4, -0.2) is 23.9 Å². The molecule has 0 unspecified atom stereocenters. The van der Waals surface area contributed by atoms with Gasteiger partial charge in [-0.15, -0.1) is 10.2 Å². The molecule has 0 aliphatic heterocycles. The van der Waals surface area contributed by atoms with E-state index in [-0.39, 0.29) is 0 Å². The molecule has 0 radical (unpaired) electrons. The second kappa shape index (κ2) is 11.9. The van der Waals surface area contributed by atoms with Gasteiger partial charge in [0.15, 0.2) is 11.6 Å². The number of nitrogens with zero attached hydrogens (tertiary/aromatic N) is 5. The topological polar surface area (TPSA) is 53.7 Å². The van der Waals surface area contributed by atoms with Gasteiger partial charge in [0.25, 0.3) is 0 Å². The van der Waals surface area contributed by atoms with Crippen molar-refractivity contribution in [3.05, 3.63) is 188 Å². The molecule has 0 atom stereocenters. The summed E-state index contributed by atoms with van der Waals surface area (Å²) in [6.07, 6.45) is 0. The van der Waals surface area contributed by atoms with E-state index in [0.717, 1.165) is 94.6 Å². The van der Waals surface area contributed by atoms with Crippen LogP contribution in [0, 0.1) is 0 Å². The third-order valence-corrected chi connectivity index (χ3v) is 11.2. The molecule has 12 rings (SSSR count). The Morgan fingerprint density at radius 3 is 1.57 bits per heavy atom. The van der Waals surface area contributed by atoms with Crippen LogP contribution in [0.5, 0.6) is 0 Å². The quantitative estimate of drug-likeness (QED) is 0.178. The van der Waals surface area contributed by atoms with E-state index >= 15 is 0 Å². The Bertz CT molecular complexity index is 3480. The predicted octanol–water partition coefficient (Wildman–Crippen LogP) is 12.7. The first-order valence-corrected chi connectivity index (χ1v) is 18.8. The van der Waals surface area contributed by atoms with Crippen LogP contribution in [0.3, 0.4) is 0 Å². The first-order chi connectivity index (χ1) is 27.8. The maximum atomic E-state index is 6.38. The summed E-state index contributed by atoms with van der Waals surface area (Å²) in [7, 11) is 0. The smallest absolute Gasteiger partial charge is 0.168 e. The van der Waals surface area contributed by atoms with Crippen LogP contribution < -0.4 is 0 Å². The van der Waals surface area contributed by atoms with Crippen molar-refractivity contribution >= 4 is 65.6 Å². The molecule has 6 heteroatoms. The highest BCUT2D eigenvalue weighted by atomic mass is 16.3. The van der Waals surface area contributed by atoms with Gasteiger partial charge in [-0.25, -0.2) is 0 Å². The Balaban J connectivity index is 1.11. The van der Waals surface area contributed by atoms with Gasteiger partial charge in [-0.1, -0.05) is 115 Å². The molecule has 0 fully saturated rings. The fourth-order valence-corrected chi connectivity index (χ4v) is 8.73. The first kappa shape index (κ1) is 30.7. The molecule has 56 heavy (non-hydrogen) atoms. The largest absolute Gasteiger partial charge is 0.456 e. The van der Waals surface area contributed by atoms with E-state index in [4.69, 9.17) is 14.6 Å². The number of benzene rings is 8. The third kappa shape index (κ3) is 4.44. The van der Waals surface area contributed by atoms with Crippen molar-refractivity contribution in [1.82, 2.24) is 23.9 Å². The van der Waals surface area contributed by atoms with Crippen LogP contribution in [0.2, 0.25) is 0 Å². The number of furan rings is 1. The highest BCUT2D eigenvalue weighted by molar-refractivity contribution is 6.17. The molecule has 12 aromatic rings. The lowest BCUT2D eigenvalue weighted by molar-refractivity contribution is 0.669. The van der Waals surface area contributed by atoms with Crippen molar-refractivity contribution in [2.75, 3.05) is 0 Å². The molecule has 0 bridgehead atoms. The summed E-state index contributed by atoms with van der Waals surface area (Å²) in [5, 5.41) is 16.5. The summed E-state index contributed by atoms with van der Waals surface area (Å²) in [4.78, 5) is 0. The molecule has 262 valence electrons. The fraction of sp³-hybridized carbons (Fsp3) is 0. The average Bonchev–Trinajstić information content (AvgIpc) is 4.03. The Kier molecular flexibility index (Phi) is 6.53. The maximum absolute atomic E-state index is 6.38. The molecule has 8 aromatic carbocycles. The molecular formula is C50H31N5O. The Morgan fingerprint density at radius 1 is 0.321 bits per heavy atom. The van der Waals surface area contributed by atoms with Crippen molar-refractivity contribution in [3.63, 3.8) is 0 Å². The second-order valence-corrected chi connectivity index (χ2v) is 14.3. The molecular weight excluding hydrogens is 687 g/mol. The molecule has 0 spiro atoms. The predicted molar refractivity (Wildman–Crippen MR) is 228 cm³/mol. The van der Waals surface area contributed by atoms with Crippen LogP contribution in [-0.2, 0) is 0 Å². The van der Waals surface area contributed by atoms with Crippen molar-refractivity contribution in [3.8, 4) is 39.8 Å². The highest BCUT2D eigenvalue weighted by Crippen LogP contribution is 2.42. The van der Waals surface area contributed by atoms with Crippen LogP contribution in [0.1, 0.15) is 0 Å². The van der Waals surface area contributed by atoms with Gasteiger partial charge in [0.1, 0.15) is 11.2 Å². The highest BCUT2D eigenvalue weighted by Gasteiger charge is 2.22. The lowest BCUT2D eigenvalue weighted by atomic mass is 10.1. The van der Waals surface area contributed by atoms with Gasteiger partial charge in [-0.3, -0.25) is 4.57 Å². The van der Waals surface area contributed by atoms with Gasteiger partial charge in [0.2, 0.25) is 0 Å². The molecule has 4 aromatic heterocycles. The Hall–Kier alpha value is -7.70. The second-order valence-electron chi connectivity index (χ2n) is 14.3. The lowest BCUT2D eigenvalue weighted by Crippen LogP contribution is -2.03. The molecule has 4 heterocycles. The number of aromatic nitrogens is 5. The number of rotatable bonds is 5. The fourth-order valence-electron chi connectivity index (χ4n) is 8.73. The SMILES string of the molecule is c1ccc(-c2nnc(-c3ccc4c(c3)c3ccccc3n4-c3ccccc3-n3c4ccccc4c4cc5oc6ccccc6c5cc43)n2-c2ccccc2)cc1. The van der Waals surface area contributed by atoms with E-state index in [1.54, 1.807) is 0 Å². The number of para-hydroxylation sites is 6. The number of hydrogen-bond donors (Lipinski definition) is 0. The molecule has 0 aliphatic rings. The summed E-state index contributed by atoms with van der Waals surface area (Å²) < 4.78 is 13.4. The summed E-state index contributed by atoms with van der Waals surface area (Å²) >= 11 is 0. The zero-order chi connectivity index (χ0) is 36.7. The van der Waals surface area contributed by atoms with Crippen LogP contribution in [0.4, 0.5) is 0 Å². The summed E-state index contributed by atoms with van der Waals surface area (Å²) in [5.41, 5.74) is 11.5. The lowest BCUT2D eigenvalue weighted by Gasteiger charge is -2.16. The zero-order valence-electron chi connectivity index (χ0n) is 30.0. The standard InChI is InChI=1S/C50H31N5O/c1-3-15-32(16-4-1)49-51-52-50(53(49)34-17-5-2-6-18-34)33-27-28-43-38(29-33)35-19-7-10-22-41(35)54(43)44-24-12-13-25-45(44)55-42-23-11-8-20-36(42)39-31-48-40(30-46(39)55)37-21-9-14-26-47(37)56-48/h1-31H. The van der Waals surface area contributed by atoms with Crippen LogP contribution in [0.15, 0.2) is 192 Å². The van der Waals surface area contributed by atoms with Gasteiger partial charge in [-0.05, 0) is 72.8 Å². The molecule has 6 nitrogen and oxygen atoms in total. The summed E-state index contributed by atoms with van der Waals surface area (Å²) in [6, 6.07) is 66.2. The monoisotopic (exact) mass is 717 g/mol. The minimum Gasteiger partial charge on any atom is -0.456 e. The minimum atomic E-state index is 0.789. The zero-order valence-corrected chi connectivity index (χ0v) is 30.0. The van der Waals surface area contributed by atoms with Gasteiger partial charge in [0.05, 0.1) is 33.4 Å². The maximum Gasteiger partial charge on any atom is 0.168 e. The Morgan fingerprint density at radius 2 is 0.857 bits per heavy atom. The summed E-state index contributed by atoms with van der Waals surface area (Å²) in [5.74, 6) is 1.59.